The first-order valence-electron chi connectivity index (χ1n) is 8.87. The van der Waals surface area contributed by atoms with E-state index in [0.29, 0.717) is 17.4 Å². The fourth-order valence-corrected chi connectivity index (χ4v) is 4.38. The maximum absolute atomic E-state index is 12.8. The second kappa shape index (κ2) is 6.80. The van der Waals surface area contributed by atoms with Crippen LogP contribution in [0.15, 0.2) is 53.4 Å². The fraction of sp³-hybridized carbons (Fsp3) is 0.316. The molecule has 1 aromatic heterocycles. The second-order valence-electron chi connectivity index (χ2n) is 6.88. The highest BCUT2D eigenvalue weighted by molar-refractivity contribution is 7.92. The Morgan fingerprint density at radius 2 is 1.86 bits per heavy atom. The molecule has 2 heterocycles. The topological polar surface area (TPSA) is 66.1 Å². The van der Waals surface area contributed by atoms with Crippen LogP contribution in [0, 0.1) is 0 Å². The van der Waals surface area contributed by atoms with Gasteiger partial charge in [0.2, 0.25) is 5.95 Å². The summed E-state index contributed by atoms with van der Waals surface area (Å²) in [5.41, 5.74) is -3.40. The van der Waals surface area contributed by atoms with Crippen LogP contribution in [0.4, 0.5) is 19.1 Å². The van der Waals surface area contributed by atoms with Crippen molar-refractivity contribution in [1.29, 1.82) is 0 Å². The number of sulfone groups is 1. The molecular formula is C19H18F3N3O2S. The van der Waals surface area contributed by atoms with Crippen molar-refractivity contribution in [1.82, 2.24) is 9.97 Å². The molecule has 1 aliphatic heterocycles. The molecule has 2 aromatic carbocycles. The van der Waals surface area contributed by atoms with E-state index in [2.05, 4.69) is 27.0 Å². The minimum atomic E-state index is -5.39. The number of fused-ring (bicyclic) bond motifs is 1. The Morgan fingerprint density at radius 1 is 1.11 bits per heavy atom. The Labute approximate surface area is 160 Å². The van der Waals surface area contributed by atoms with Gasteiger partial charge in [-0.1, -0.05) is 30.3 Å². The number of halogens is 3. The Morgan fingerprint density at radius 3 is 2.57 bits per heavy atom. The van der Waals surface area contributed by atoms with E-state index < -0.39 is 20.2 Å². The molecule has 1 N–H and O–H groups in total. The molecule has 5 nitrogen and oxygen atoms in total. The molecule has 1 atom stereocenters. The predicted octanol–water partition coefficient (Wildman–Crippen LogP) is 4.24. The quantitative estimate of drug-likeness (QED) is 0.703. The second-order valence-corrected chi connectivity index (χ2v) is 8.83. The number of aromatic amines is 1. The minimum Gasteiger partial charge on any atom is -0.342 e. The molecule has 1 saturated heterocycles. The largest absolute Gasteiger partial charge is 0.501 e. The summed E-state index contributed by atoms with van der Waals surface area (Å²) in [5.74, 6) is 0.876. The van der Waals surface area contributed by atoms with E-state index in [4.69, 9.17) is 0 Å². The number of benzene rings is 2. The molecule has 3 aromatic rings. The number of piperidine rings is 1. The molecule has 1 aliphatic rings. The van der Waals surface area contributed by atoms with Crippen molar-refractivity contribution < 1.29 is 21.6 Å². The van der Waals surface area contributed by atoms with Crippen LogP contribution in [0.3, 0.4) is 0 Å². The van der Waals surface area contributed by atoms with Gasteiger partial charge in [-0.3, -0.25) is 0 Å². The molecule has 1 fully saturated rings. The number of imidazole rings is 1. The van der Waals surface area contributed by atoms with Crippen LogP contribution in [0.25, 0.3) is 11.0 Å². The molecule has 148 valence electrons. The van der Waals surface area contributed by atoms with Gasteiger partial charge in [-0.2, -0.15) is 13.2 Å². The Balaban J connectivity index is 1.63. The summed E-state index contributed by atoms with van der Waals surface area (Å²) < 4.78 is 61.7. The van der Waals surface area contributed by atoms with Gasteiger partial charge in [0, 0.05) is 19.0 Å². The zero-order valence-corrected chi connectivity index (χ0v) is 15.6. The number of anilines is 1. The summed E-state index contributed by atoms with van der Waals surface area (Å²) in [6.07, 6.45) is 2.01. The number of nitrogens with zero attached hydrogens (tertiary/aromatic N) is 2. The van der Waals surface area contributed by atoms with Gasteiger partial charge < -0.3 is 9.88 Å². The van der Waals surface area contributed by atoms with E-state index in [0.717, 1.165) is 38.1 Å². The lowest BCUT2D eigenvalue weighted by atomic mass is 9.91. The third-order valence-corrected chi connectivity index (χ3v) is 6.53. The average Bonchev–Trinajstić information content (AvgIpc) is 3.11. The highest BCUT2D eigenvalue weighted by Gasteiger charge is 2.47. The number of alkyl halides is 3. The number of aromatic nitrogens is 2. The van der Waals surface area contributed by atoms with Gasteiger partial charge in [0.1, 0.15) is 0 Å². The Bertz CT molecular complexity index is 1090. The van der Waals surface area contributed by atoms with Gasteiger partial charge in [0.25, 0.3) is 9.84 Å². The van der Waals surface area contributed by atoms with Crippen LogP contribution < -0.4 is 4.90 Å². The Hall–Kier alpha value is -2.55. The van der Waals surface area contributed by atoms with Crippen LogP contribution in [-0.2, 0) is 9.84 Å². The molecule has 0 amide bonds. The molecule has 0 spiro atoms. The maximum atomic E-state index is 12.8. The fourth-order valence-electron chi connectivity index (χ4n) is 3.59. The van der Waals surface area contributed by atoms with Gasteiger partial charge in [0.05, 0.1) is 15.9 Å². The number of hydrogen-bond acceptors (Lipinski definition) is 4. The molecule has 4 rings (SSSR count). The van der Waals surface area contributed by atoms with Crippen molar-refractivity contribution >= 4 is 26.8 Å². The van der Waals surface area contributed by atoms with Crippen LogP contribution in [0.2, 0.25) is 0 Å². The summed E-state index contributed by atoms with van der Waals surface area (Å²) in [5, 5.41) is 0. The first-order chi connectivity index (χ1) is 13.3. The Kier molecular flexibility index (Phi) is 4.57. The third kappa shape index (κ3) is 3.34. The summed E-state index contributed by atoms with van der Waals surface area (Å²) in [6, 6.07) is 13.4. The van der Waals surface area contributed by atoms with Gasteiger partial charge in [-0.05, 0) is 36.6 Å². The first kappa shape index (κ1) is 18.8. The highest BCUT2D eigenvalue weighted by atomic mass is 32.2. The zero-order valence-electron chi connectivity index (χ0n) is 14.8. The number of nitrogens with one attached hydrogen (secondary N) is 1. The van der Waals surface area contributed by atoms with E-state index in [-0.39, 0.29) is 5.52 Å². The number of hydrogen-bond donors (Lipinski definition) is 1. The standard InChI is InChI=1S/C19H18F3N3O2S/c20-19(21,22)28(26,27)15-8-9-16-17(11-15)24-18(23-16)25-10-4-7-14(12-25)13-5-2-1-3-6-13/h1-3,5-6,8-9,11,14H,4,7,10,12H2,(H,23,24). The van der Waals surface area contributed by atoms with Gasteiger partial charge >= 0.3 is 5.51 Å². The molecule has 0 bridgehead atoms. The maximum Gasteiger partial charge on any atom is 0.501 e. The lowest BCUT2D eigenvalue weighted by Crippen LogP contribution is -2.35. The summed E-state index contributed by atoms with van der Waals surface area (Å²) in [4.78, 5) is 8.69. The smallest absolute Gasteiger partial charge is 0.342 e. The van der Waals surface area contributed by atoms with Crippen LogP contribution >= 0.6 is 0 Å². The lowest BCUT2D eigenvalue weighted by molar-refractivity contribution is -0.0435. The van der Waals surface area contributed by atoms with Crippen LogP contribution in [0.1, 0.15) is 24.3 Å². The zero-order chi connectivity index (χ0) is 19.9. The number of H-pyrrole nitrogens is 1. The highest BCUT2D eigenvalue weighted by Crippen LogP contribution is 2.33. The third-order valence-electron chi connectivity index (χ3n) is 5.05. The van der Waals surface area contributed by atoms with Crippen molar-refractivity contribution in [3.8, 4) is 0 Å². The van der Waals surface area contributed by atoms with Crippen molar-refractivity contribution in [2.45, 2.75) is 29.2 Å². The SMILES string of the molecule is O=S(=O)(c1ccc2nc(N3CCCC(c4ccccc4)C3)[nH]c2c1)C(F)(F)F. The van der Waals surface area contributed by atoms with Gasteiger partial charge in [0.15, 0.2) is 0 Å². The summed E-state index contributed by atoms with van der Waals surface area (Å²) in [6.45, 7) is 1.51. The molecule has 1 unspecified atom stereocenters. The van der Waals surface area contributed by atoms with Crippen molar-refractivity contribution in [2.75, 3.05) is 18.0 Å². The molecule has 9 heteroatoms. The van der Waals surface area contributed by atoms with E-state index in [1.54, 1.807) is 0 Å². The normalized spacial score (nSPS) is 18.5. The average molecular weight is 409 g/mol. The predicted molar refractivity (Wildman–Crippen MR) is 100.0 cm³/mol. The molecule has 0 aliphatic carbocycles. The van der Waals surface area contributed by atoms with Crippen molar-refractivity contribution in [3.05, 3.63) is 54.1 Å². The monoisotopic (exact) mass is 409 g/mol. The minimum absolute atomic E-state index is 0.266. The van der Waals surface area contributed by atoms with E-state index in [1.807, 2.05) is 18.2 Å². The van der Waals surface area contributed by atoms with Crippen molar-refractivity contribution in [3.63, 3.8) is 0 Å². The molecular weight excluding hydrogens is 391 g/mol. The van der Waals surface area contributed by atoms with E-state index in [1.165, 1.54) is 11.6 Å². The first-order valence-corrected chi connectivity index (χ1v) is 10.3. The summed E-state index contributed by atoms with van der Waals surface area (Å²) in [7, 11) is -5.39. The van der Waals surface area contributed by atoms with Gasteiger partial charge in [-0.15, -0.1) is 0 Å². The van der Waals surface area contributed by atoms with E-state index in [9.17, 15) is 21.6 Å². The summed E-state index contributed by atoms with van der Waals surface area (Å²) >= 11 is 0. The molecule has 28 heavy (non-hydrogen) atoms. The molecule has 0 saturated carbocycles. The van der Waals surface area contributed by atoms with E-state index >= 15 is 0 Å². The number of rotatable bonds is 3. The van der Waals surface area contributed by atoms with Crippen LogP contribution in [0.5, 0.6) is 0 Å². The van der Waals surface area contributed by atoms with Crippen molar-refractivity contribution in [2.24, 2.45) is 0 Å². The molecule has 0 radical (unpaired) electrons. The van der Waals surface area contributed by atoms with Gasteiger partial charge in [-0.25, -0.2) is 13.4 Å². The van der Waals surface area contributed by atoms with Crippen LogP contribution in [-0.4, -0.2) is 37.0 Å². The lowest BCUT2D eigenvalue weighted by Gasteiger charge is -2.32.